The van der Waals surface area contributed by atoms with Crippen molar-refractivity contribution in [3.63, 3.8) is 0 Å². The highest BCUT2D eigenvalue weighted by molar-refractivity contribution is 5.98. The molecule has 0 aliphatic rings. The van der Waals surface area contributed by atoms with Gasteiger partial charge in [-0.25, -0.2) is 22.0 Å². The molecule has 0 spiro atoms. The second-order valence-electron chi connectivity index (χ2n) is 4.13. The lowest BCUT2D eigenvalue weighted by atomic mass is 9.87. The molecule has 105 valence electrons. The molecule has 0 bridgehead atoms. The molecule has 0 heterocycles. The summed E-state index contributed by atoms with van der Waals surface area (Å²) in [7, 11) is 2.70. The molecule has 19 heavy (non-hydrogen) atoms. The summed E-state index contributed by atoms with van der Waals surface area (Å²) in [6, 6.07) is 0.309. The molecule has 1 aromatic carbocycles. The molecule has 3 radical (unpaired) electrons. The van der Waals surface area contributed by atoms with Gasteiger partial charge in [0.25, 0.3) is 0 Å². The molecule has 0 fully saturated rings. The van der Waals surface area contributed by atoms with Crippen LogP contribution in [0.15, 0.2) is 6.07 Å². The summed E-state index contributed by atoms with van der Waals surface area (Å²) in [4.78, 5) is 0. The lowest BCUT2D eigenvalue weighted by molar-refractivity contribution is -0.0155. The van der Waals surface area contributed by atoms with Gasteiger partial charge in [0.1, 0.15) is 0 Å². The Balaban J connectivity index is 3.38. The van der Waals surface area contributed by atoms with E-state index < -0.39 is 40.6 Å². The van der Waals surface area contributed by atoms with Crippen LogP contribution in [0.5, 0.6) is 0 Å². The molecule has 1 nitrogen and oxygen atoms in total. The topological polar surface area (TPSA) is 9.23 Å². The first-order valence-corrected chi connectivity index (χ1v) is 6.07. The SMILES string of the molecule is CCC(CC)(O[Si])C(F)c1cc(F)c(F)c(F)c1F. The van der Waals surface area contributed by atoms with Crippen LogP contribution in [-0.2, 0) is 4.43 Å². The van der Waals surface area contributed by atoms with Crippen molar-refractivity contribution in [1.82, 2.24) is 0 Å². The van der Waals surface area contributed by atoms with Crippen molar-refractivity contribution in [2.45, 2.75) is 38.5 Å². The fourth-order valence-electron chi connectivity index (χ4n) is 1.86. The first kappa shape index (κ1) is 16.1. The van der Waals surface area contributed by atoms with E-state index in [0.717, 1.165) is 0 Å². The molecule has 0 aliphatic carbocycles. The quantitative estimate of drug-likeness (QED) is 0.346. The standard InChI is InChI=1S/C12H12F5OSi/c1-3-12(4-2,18-19)11(17)6-5-7(13)9(15)10(16)8(6)14/h5,11H,3-4H2,1-2H3. The van der Waals surface area contributed by atoms with Gasteiger partial charge >= 0.3 is 0 Å². The molecule has 7 heteroatoms. The zero-order valence-corrected chi connectivity index (χ0v) is 11.4. The molecular weight excluding hydrogens is 283 g/mol. The third-order valence-corrected chi connectivity index (χ3v) is 3.67. The van der Waals surface area contributed by atoms with Crippen molar-refractivity contribution in [3.05, 3.63) is 34.9 Å². The number of rotatable bonds is 5. The third-order valence-electron chi connectivity index (χ3n) is 3.27. The van der Waals surface area contributed by atoms with Gasteiger partial charge < -0.3 is 4.43 Å². The average molecular weight is 295 g/mol. The average Bonchev–Trinajstić information content (AvgIpc) is 2.43. The lowest BCUT2D eigenvalue weighted by Crippen LogP contribution is -2.36. The molecule has 0 N–H and O–H groups in total. The van der Waals surface area contributed by atoms with Crippen LogP contribution in [0.25, 0.3) is 0 Å². The molecule has 1 unspecified atom stereocenters. The van der Waals surface area contributed by atoms with Gasteiger partial charge in [-0.05, 0) is 18.9 Å². The van der Waals surface area contributed by atoms with Crippen molar-refractivity contribution < 1.29 is 26.4 Å². The smallest absolute Gasteiger partial charge is 0.247 e. The Bertz CT molecular complexity index is 454. The predicted octanol–water partition coefficient (Wildman–Crippen LogP) is 3.91. The summed E-state index contributed by atoms with van der Waals surface area (Å²) in [5.41, 5.74) is -2.40. The van der Waals surface area contributed by atoms with Crippen LogP contribution in [-0.4, -0.2) is 16.1 Å². The highest BCUT2D eigenvalue weighted by atomic mass is 28.2. The Morgan fingerprint density at radius 2 is 1.63 bits per heavy atom. The van der Waals surface area contributed by atoms with E-state index in [1.807, 2.05) is 0 Å². The van der Waals surface area contributed by atoms with Crippen LogP contribution in [0.3, 0.4) is 0 Å². The summed E-state index contributed by atoms with van der Waals surface area (Å²) in [6.45, 7) is 3.15. The molecule has 0 aromatic heterocycles. The number of alkyl halides is 1. The summed E-state index contributed by atoms with van der Waals surface area (Å²) >= 11 is 0. The fourth-order valence-corrected chi connectivity index (χ4v) is 2.26. The summed E-state index contributed by atoms with van der Waals surface area (Å²) < 4.78 is 71.7. The van der Waals surface area contributed by atoms with Gasteiger partial charge in [-0.15, -0.1) is 0 Å². The molecular formula is C12H12F5OSi. The minimum atomic E-state index is -2.15. The Hall–Kier alpha value is -0.953. The molecule has 1 aromatic rings. The molecule has 1 rings (SSSR count). The van der Waals surface area contributed by atoms with E-state index in [4.69, 9.17) is 4.43 Å². The zero-order chi connectivity index (χ0) is 14.8. The first-order valence-electron chi connectivity index (χ1n) is 5.66. The minimum Gasteiger partial charge on any atom is -0.410 e. The zero-order valence-electron chi connectivity index (χ0n) is 10.4. The predicted molar refractivity (Wildman–Crippen MR) is 60.3 cm³/mol. The van der Waals surface area contributed by atoms with E-state index in [1.54, 1.807) is 13.8 Å². The molecule has 0 amide bonds. The molecule has 0 saturated heterocycles. The van der Waals surface area contributed by atoms with Gasteiger partial charge in [0.05, 0.1) is 5.60 Å². The summed E-state index contributed by atoms with van der Waals surface area (Å²) in [5.74, 6) is -7.40. The van der Waals surface area contributed by atoms with Gasteiger partial charge in [-0.2, -0.15) is 0 Å². The highest BCUT2D eigenvalue weighted by Gasteiger charge is 2.40. The van der Waals surface area contributed by atoms with Crippen molar-refractivity contribution >= 4 is 10.5 Å². The van der Waals surface area contributed by atoms with E-state index in [0.29, 0.717) is 6.07 Å². The fraction of sp³-hybridized carbons (Fsp3) is 0.500. The second-order valence-corrected chi connectivity index (χ2v) is 4.33. The van der Waals surface area contributed by atoms with E-state index in [1.165, 1.54) is 0 Å². The van der Waals surface area contributed by atoms with Crippen molar-refractivity contribution in [2.24, 2.45) is 0 Å². The second kappa shape index (κ2) is 6.00. The molecule has 1 atom stereocenters. The Morgan fingerprint density at radius 3 is 2.05 bits per heavy atom. The van der Waals surface area contributed by atoms with Crippen LogP contribution >= 0.6 is 0 Å². The van der Waals surface area contributed by atoms with Gasteiger partial charge in [-0.3, -0.25) is 0 Å². The number of hydrogen-bond acceptors (Lipinski definition) is 1. The monoisotopic (exact) mass is 295 g/mol. The Morgan fingerprint density at radius 1 is 1.11 bits per heavy atom. The maximum atomic E-state index is 14.4. The van der Waals surface area contributed by atoms with E-state index in [-0.39, 0.29) is 12.8 Å². The normalized spacial score (nSPS) is 13.7. The summed E-state index contributed by atoms with van der Waals surface area (Å²) in [5, 5.41) is 0. The largest absolute Gasteiger partial charge is 0.410 e. The van der Waals surface area contributed by atoms with Crippen LogP contribution in [0.4, 0.5) is 22.0 Å². The third kappa shape index (κ3) is 2.67. The molecule has 0 aliphatic heterocycles. The number of hydrogen-bond donors (Lipinski definition) is 0. The maximum absolute atomic E-state index is 14.4. The first-order chi connectivity index (χ1) is 8.84. The van der Waals surface area contributed by atoms with Crippen molar-refractivity contribution in [2.75, 3.05) is 0 Å². The van der Waals surface area contributed by atoms with Gasteiger partial charge in [0.15, 0.2) is 29.4 Å². The number of halogens is 5. The van der Waals surface area contributed by atoms with Gasteiger partial charge in [-0.1, -0.05) is 13.8 Å². The molecule has 0 saturated carbocycles. The van der Waals surface area contributed by atoms with Gasteiger partial charge in [0.2, 0.25) is 10.5 Å². The number of benzene rings is 1. The van der Waals surface area contributed by atoms with E-state index in [2.05, 4.69) is 10.5 Å². The maximum Gasteiger partial charge on any atom is 0.247 e. The Kier molecular flexibility index (Phi) is 5.09. The van der Waals surface area contributed by atoms with Crippen molar-refractivity contribution in [1.29, 1.82) is 0 Å². The lowest BCUT2D eigenvalue weighted by Gasteiger charge is -2.34. The minimum absolute atomic E-state index is 0.119. The van der Waals surface area contributed by atoms with Crippen molar-refractivity contribution in [3.8, 4) is 0 Å². The highest BCUT2D eigenvalue weighted by Crippen LogP contribution is 2.39. The van der Waals surface area contributed by atoms with Crippen LogP contribution < -0.4 is 0 Å². The van der Waals surface area contributed by atoms with E-state index >= 15 is 0 Å². The Labute approximate surface area is 111 Å². The summed E-state index contributed by atoms with van der Waals surface area (Å²) in [6.07, 6.45) is -1.91. The van der Waals surface area contributed by atoms with Gasteiger partial charge in [0, 0.05) is 5.56 Å². The van der Waals surface area contributed by atoms with E-state index in [9.17, 15) is 22.0 Å². The van der Waals surface area contributed by atoms with Crippen LogP contribution in [0, 0.1) is 23.3 Å². The van der Waals surface area contributed by atoms with Crippen LogP contribution in [0.1, 0.15) is 38.4 Å². The van der Waals surface area contributed by atoms with Crippen LogP contribution in [0.2, 0.25) is 0 Å².